The smallest absolute Gasteiger partial charge is 0.294 e. The van der Waals surface area contributed by atoms with E-state index < -0.39 is 11.7 Å². The highest BCUT2D eigenvalue weighted by Gasteiger charge is 2.21. The molecule has 1 amide bonds. The highest BCUT2D eigenvalue weighted by Crippen LogP contribution is 2.02. The largest absolute Gasteiger partial charge is 0.379 e. The van der Waals surface area contributed by atoms with Crippen LogP contribution in [0.1, 0.15) is 17.4 Å². The minimum absolute atomic E-state index is 0.0650. The van der Waals surface area contributed by atoms with Gasteiger partial charge in [-0.25, -0.2) is 0 Å². The van der Waals surface area contributed by atoms with Crippen molar-refractivity contribution in [3.63, 3.8) is 0 Å². The Kier molecular flexibility index (Phi) is 4.92. The lowest BCUT2D eigenvalue weighted by Gasteiger charge is -2.29. The molecule has 6 nitrogen and oxygen atoms in total. The first-order valence-corrected chi connectivity index (χ1v) is 6.84. The second-order valence-electron chi connectivity index (χ2n) is 5.12. The van der Waals surface area contributed by atoms with Crippen LogP contribution < -0.4 is 5.32 Å². The van der Waals surface area contributed by atoms with Crippen LogP contribution in [-0.2, 0) is 16.6 Å². The Hall–Kier alpha value is -1.66. The Balaban J connectivity index is 1.84. The summed E-state index contributed by atoms with van der Waals surface area (Å²) in [6.07, 6.45) is 1.75. The highest BCUT2D eigenvalue weighted by molar-refractivity contribution is 6.42. The molecule has 2 heterocycles. The van der Waals surface area contributed by atoms with Crippen molar-refractivity contribution in [1.82, 2.24) is 14.8 Å². The van der Waals surface area contributed by atoms with Crippen LogP contribution in [0, 0.1) is 0 Å². The number of Topliss-reactive ketones (excluding diaryl/α,β-unsaturated/α-hetero) is 1. The van der Waals surface area contributed by atoms with Crippen LogP contribution >= 0.6 is 0 Å². The van der Waals surface area contributed by atoms with Gasteiger partial charge < -0.3 is 14.6 Å². The summed E-state index contributed by atoms with van der Waals surface area (Å²) in [5, 5.41) is 2.76. The molecule has 110 valence electrons. The summed E-state index contributed by atoms with van der Waals surface area (Å²) in [6.45, 7) is 5.82. The van der Waals surface area contributed by atoms with E-state index in [2.05, 4.69) is 10.2 Å². The van der Waals surface area contributed by atoms with E-state index in [9.17, 15) is 9.59 Å². The zero-order valence-corrected chi connectivity index (χ0v) is 12.0. The van der Waals surface area contributed by atoms with Gasteiger partial charge in [0, 0.05) is 38.9 Å². The van der Waals surface area contributed by atoms with Crippen molar-refractivity contribution >= 4 is 11.7 Å². The molecule has 6 heteroatoms. The van der Waals surface area contributed by atoms with Crippen LogP contribution in [0.4, 0.5) is 0 Å². The number of amides is 1. The van der Waals surface area contributed by atoms with Crippen LogP contribution in [0.3, 0.4) is 0 Å². The number of rotatable bonds is 5. The van der Waals surface area contributed by atoms with Crippen molar-refractivity contribution in [1.29, 1.82) is 0 Å². The third-order valence-corrected chi connectivity index (χ3v) is 3.40. The van der Waals surface area contributed by atoms with E-state index >= 15 is 0 Å². The average molecular weight is 279 g/mol. The number of ether oxygens (including phenoxy) is 1. The van der Waals surface area contributed by atoms with Crippen LogP contribution in [0.5, 0.6) is 0 Å². The van der Waals surface area contributed by atoms with Gasteiger partial charge in [-0.2, -0.15) is 0 Å². The van der Waals surface area contributed by atoms with Gasteiger partial charge in [-0.15, -0.1) is 0 Å². The topological polar surface area (TPSA) is 63.6 Å². The second kappa shape index (κ2) is 6.67. The Morgan fingerprint density at radius 1 is 1.40 bits per heavy atom. The summed E-state index contributed by atoms with van der Waals surface area (Å²) in [5.74, 6) is -1.04. The van der Waals surface area contributed by atoms with Crippen molar-refractivity contribution in [3.05, 3.63) is 24.0 Å². The molecule has 20 heavy (non-hydrogen) atoms. The standard InChI is InChI=1S/C14H21N3O3/c1-11(10-17-6-8-20-9-7-17)15-14(19)13(18)12-4-3-5-16(12)2/h3-5,11H,6-10H2,1-2H3,(H,15,19). The van der Waals surface area contributed by atoms with Gasteiger partial charge in [0.15, 0.2) is 0 Å². The molecule has 0 aromatic carbocycles. The van der Waals surface area contributed by atoms with Gasteiger partial charge >= 0.3 is 0 Å². The summed E-state index contributed by atoms with van der Waals surface area (Å²) in [5.41, 5.74) is 0.404. The number of nitrogens with one attached hydrogen (secondary N) is 1. The molecule has 1 aliphatic heterocycles. The second-order valence-corrected chi connectivity index (χ2v) is 5.12. The Bertz CT molecular complexity index is 478. The third-order valence-electron chi connectivity index (χ3n) is 3.40. The van der Waals surface area contributed by atoms with E-state index in [1.165, 1.54) is 0 Å². The van der Waals surface area contributed by atoms with E-state index in [-0.39, 0.29) is 6.04 Å². The SMILES string of the molecule is CC(CN1CCOCC1)NC(=O)C(=O)c1cccn1C. The summed E-state index contributed by atoms with van der Waals surface area (Å²) in [6, 6.07) is 3.33. The minimum Gasteiger partial charge on any atom is -0.379 e. The molecular weight excluding hydrogens is 258 g/mol. The van der Waals surface area contributed by atoms with E-state index in [1.807, 2.05) is 6.92 Å². The zero-order chi connectivity index (χ0) is 14.5. The fraction of sp³-hybridized carbons (Fsp3) is 0.571. The summed E-state index contributed by atoms with van der Waals surface area (Å²) in [4.78, 5) is 26.1. The summed E-state index contributed by atoms with van der Waals surface area (Å²) in [7, 11) is 1.75. The molecular formula is C14H21N3O3. The number of aromatic nitrogens is 1. The number of morpholine rings is 1. The monoisotopic (exact) mass is 279 g/mol. The normalized spacial score (nSPS) is 17.7. The van der Waals surface area contributed by atoms with E-state index in [0.717, 1.165) is 32.8 Å². The highest BCUT2D eigenvalue weighted by atomic mass is 16.5. The number of carbonyl (C=O) groups excluding carboxylic acids is 2. The van der Waals surface area contributed by atoms with Crippen molar-refractivity contribution in [2.45, 2.75) is 13.0 Å². The number of aryl methyl sites for hydroxylation is 1. The number of nitrogens with zero attached hydrogens (tertiary/aromatic N) is 2. The zero-order valence-electron chi connectivity index (χ0n) is 12.0. The maximum absolute atomic E-state index is 12.0. The van der Waals surface area contributed by atoms with E-state index in [1.54, 1.807) is 29.9 Å². The quantitative estimate of drug-likeness (QED) is 0.611. The Labute approximate surface area is 118 Å². The first-order valence-electron chi connectivity index (χ1n) is 6.84. The van der Waals surface area contributed by atoms with Gasteiger partial charge in [0.25, 0.3) is 11.7 Å². The predicted octanol–water partition coefficient (Wildman–Crippen LogP) is 0.0447. The average Bonchev–Trinajstić information content (AvgIpc) is 2.85. The van der Waals surface area contributed by atoms with E-state index in [4.69, 9.17) is 4.74 Å². The lowest BCUT2D eigenvalue weighted by molar-refractivity contribution is -0.117. The predicted molar refractivity (Wildman–Crippen MR) is 74.6 cm³/mol. The fourth-order valence-electron chi connectivity index (χ4n) is 2.32. The number of hydrogen-bond donors (Lipinski definition) is 1. The van der Waals surface area contributed by atoms with Crippen molar-refractivity contribution < 1.29 is 14.3 Å². The molecule has 1 aromatic heterocycles. The molecule has 2 rings (SSSR count). The van der Waals surface area contributed by atoms with Gasteiger partial charge in [-0.1, -0.05) is 0 Å². The third kappa shape index (κ3) is 3.68. The first kappa shape index (κ1) is 14.7. The first-order chi connectivity index (χ1) is 9.58. The minimum atomic E-state index is -0.549. The molecule has 1 saturated heterocycles. The molecule has 0 saturated carbocycles. The fourth-order valence-corrected chi connectivity index (χ4v) is 2.32. The van der Waals surface area contributed by atoms with Gasteiger partial charge in [0.2, 0.25) is 0 Å². The Morgan fingerprint density at radius 3 is 2.70 bits per heavy atom. The summed E-state index contributed by atoms with van der Waals surface area (Å²) < 4.78 is 6.92. The van der Waals surface area contributed by atoms with Crippen LogP contribution in [0.25, 0.3) is 0 Å². The van der Waals surface area contributed by atoms with Crippen molar-refractivity contribution in [2.75, 3.05) is 32.8 Å². The molecule has 0 bridgehead atoms. The van der Waals surface area contributed by atoms with Crippen molar-refractivity contribution in [2.24, 2.45) is 7.05 Å². The Morgan fingerprint density at radius 2 is 2.10 bits per heavy atom. The van der Waals surface area contributed by atoms with Crippen LogP contribution in [0.15, 0.2) is 18.3 Å². The maximum atomic E-state index is 12.0. The molecule has 1 aliphatic rings. The van der Waals surface area contributed by atoms with Crippen LogP contribution in [-0.4, -0.2) is 60.0 Å². The molecule has 1 N–H and O–H groups in total. The lowest BCUT2D eigenvalue weighted by Crippen LogP contribution is -2.47. The van der Waals surface area contributed by atoms with E-state index in [0.29, 0.717) is 5.69 Å². The summed E-state index contributed by atoms with van der Waals surface area (Å²) >= 11 is 0. The molecule has 1 unspecified atom stereocenters. The lowest BCUT2D eigenvalue weighted by atomic mass is 10.2. The molecule has 1 aromatic rings. The number of carbonyl (C=O) groups is 2. The van der Waals surface area contributed by atoms with Gasteiger partial charge in [-0.05, 0) is 19.1 Å². The van der Waals surface area contributed by atoms with Crippen molar-refractivity contribution in [3.8, 4) is 0 Å². The molecule has 0 aliphatic carbocycles. The van der Waals surface area contributed by atoms with Gasteiger partial charge in [-0.3, -0.25) is 14.5 Å². The number of hydrogen-bond acceptors (Lipinski definition) is 4. The molecule has 1 fully saturated rings. The van der Waals surface area contributed by atoms with Crippen LogP contribution in [0.2, 0.25) is 0 Å². The molecule has 0 radical (unpaired) electrons. The molecule has 0 spiro atoms. The maximum Gasteiger partial charge on any atom is 0.294 e. The molecule has 1 atom stereocenters. The number of ketones is 1. The van der Waals surface area contributed by atoms with Gasteiger partial charge in [0.1, 0.15) is 0 Å². The van der Waals surface area contributed by atoms with Gasteiger partial charge in [0.05, 0.1) is 18.9 Å².